The Bertz CT molecular complexity index is 402. The average molecular weight is 215 g/mol. The van der Waals surface area contributed by atoms with Crippen LogP contribution in [0.5, 0.6) is 0 Å². The number of rotatable bonds is 4. The summed E-state index contributed by atoms with van der Waals surface area (Å²) in [6, 6.07) is 7.57. The van der Waals surface area contributed by atoms with Gasteiger partial charge in [-0.3, -0.25) is 0 Å². The number of nitrogen functional groups attached to an aromatic ring is 1. The van der Waals surface area contributed by atoms with Crippen LogP contribution >= 0.6 is 0 Å². The molecule has 3 heteroatoms. The van der Waals surface area contributed by atoms with Gasteiger partial charge in [-0.1, -0.05) is 19.3 Å². The average Bonchev–Trinajstić information content (AvgIpc) is 2.22. The molecule has 16 heavy (non-hydrogen) atoms. The Morgan fingerprint density at radius 2 is 2.25 bits per heavy atom. The Morgan fingerprint density at radius 1 is 1.44 bits per heavy atom. The summed E-state index contributed by atoms with van der Waals surface area (Å²) in [6.07, 6.45) is 5.41. The van der Waals surface area contributed by atoms with E-state index in [1.807, 2.05) is 12.1 Å². The summed E-state index contributed by atoms with van der Waals surface area (Å²) in [6.45, 7) is 0.996. The molecule has 0 aliphatic heterocycles. The normalized spacial score (nSPS) is 15.2. The van der Waals surface area contributed by atoms with Gasteiger partial charge in [-0.25, -0.2) is 0 Å². The van der Waals surface area contributed by atoms with Crippen LogP contribution < -0.4 is 11.1 Å². The van der Waals surface area contributed by atoms with Crippen molar-refractivity contribution in [2.45, 2.75) is 25.7 Å². The quantitative estimate of drug-likeness (QED) is 0.759. The summed E-state index contributed by atoms with van der Waals surface area (Å²) in [4.78, 5) is 0. The zero-order valence-corrected chi connectivity index (χ0v) is 9.37. The van der Waals surface area contributed by atoms with Crippen molar-refractivity contribution in [3.63, 3.8) is 0 Å². The van der Waals surface area contributed by atoms with Crippen LogP contribution in [0, 0.1) is 17.2 Å². The van der Waals surface area contributed by atoms with Gasteiger partial charge in [0.2, 0.25) is 0 Å². The minimum Gasteiger partial charge on any atom is -0.398 e. The Labute approximate surface area is 96.3 Å². The van der Waals surface area contributed by atoms with Crippen LogP contribution in [0.1, 0.15) is 31.2 Å². The summed E-state index contributed by atoms with van der Waals surface area (Å²) in [5.74, 6) is 0.920. The molecule has 1 aliphatic carbocycles. The lowest BCUT2D eigenvalue weighted by Crippen LogP contribution is -2.15. The zero-order valence-electron chi connectivity index (χ0n) is 9.37. The molecule has 3 nitrogen and oxygen atoms in total. The highest BCUT2D eigenvalue weighted by Crippen LogP contribution is 2.29. The molecular formula is C13H17N3. The van der Waals surface area contributed by atoms with Crippen molar-refractivity contribution in [2.75, 3.05) is 17.6 Å². The lowest BCUT2D eigenvalue weighted by molar-refractivity contribution is 0.303. The fourth-order valence-electron chi connectivity index (χ4n) is 1.98. The van der Waals surface area contributed by atoms with Gasteiger partial charge in [0.05, 0.1) is 11.3 Å². The highest BCUT2D eigenvalue weighted by molar-refractivity contribution is 5.62. The van der Waals surface area contributed by atoms with Gasteiger partial charge in [-0.15, -0.1) is 0 Å². The van der Waals surface area contributed by atoms with Crippen molar-refractivity contribution >= 4 is 11.4 Å². The molecular weight excluding hydrogens is 198 g/mol. The van der Waals surface area contributed by atoms with Crippen molar-refractivity contribution in [3.05, 3.63) is 23.8 Å². The molecule has 0 saturated heterocycles. The highest BCUT2D eigenvalue weighted by atomic mass is 14.9. The molecule has 0 amide bonds. The van der Waals surface area contributed by atoms with Gasteiger partial charge in [0, 0.05) is 12.2 Å². The fourth-order valence-corrected chi connectivity index (χ4v) is 1.98. The summed E-state index contributed by atoms with van der Waals surface area (Å²) >= 11 is 0. The predicted molar refractivity (Wildman–Crippen MR) is 66.0 cm³/mol. The van der Waals surface area contributed by atoms with E-state index in [2.05, 4.69) is 11.4 Å². The molecule has 0 bridgehead atoms. The minimum atomic E-state index is 0.546. The summed E-state index contributed by atoms with van der Waals surface area (Å²) < 4.78 is 0. The van der Waals surface area contributed by atoms with Gasteiger partial charge >= 0.3 is 0 Å². The molecule has 84 valence electrons. The molecule has 1 aromatic carbocycles. The monoisotopic (exact) mass is 215 g/mol. The summed E-state index contributed by atoms with van der Waals surface area (Å²) in [5, 5.41) is 12.1. The maximum atomic E-state index is 8.75. The van der Waals surface area contributed by atoms with Crippen LogP contribution in [0.4, 0.5) is 11.4 Å². The molecule has 3 N–H and O–H groups in total. The van der Waals surface area contributed by atoms with Crippen LogP contribution in [-0.4, -0.2) is 6.54 Å². The first-order valence-electron chi connectivity index (χ1n) is 5.83. The van der Waals surface area contributed by atoms with Gasteiger partial charge in [0.25, 0.3) is 0 Å². The second-order valence-electron chi connectivity index (χ2n) is 4.43. The molecule has 0 radical (unpaired) electrons. The van der Waals surface area contributed by atoms with Crippen molar-refractivity contribution in [1.82, 2.24) is 0 Å². The van der Waals surface area contributed by atoms with Gasteiger partial charge in [-0.05, 0) is 30.5 Å². The number of benzene rings is 1. The SMILES string of the molecule is N#Cc1ccc(NCCC2CCC2)cc1N. The topological polar surface area (TPSA) is 61.8 Å². The molecule has 0 atom stereocenters. The maximum Gasteiger partial charge on any atom is 0.101 e. The van der Waals surface area contributed by atoms with E-state index in [9.17, 15) is 0 Å². The fraction of sp³-hybridized carbons (Fsp3) is 0.462. The van der Waals surface area contributed by atoms with Crippen LogP contribution in [0.3, 0.4) is 0 Å². The largest absolute Gasteiger partial charge is 0.398 e. The van der Waals surface area contributed by atoms with E-state index in [4.69, 9.17) is 11.0 Å². The first-order valence-corrected chi connectivity index (χ1v) is 5.83. The van der Waals surface area contributed by atoms with Gasteiger partial charge in [0.1, 0.15) is 6.07 Å². The number of hydrogen-bond acceptors (Lipinski definition) is 3. The van der Waals surface area contributed by atoms with E-state index in [1.165, 1.54) is 25.7 Å². The first kappa shape index (κ1) is 10.8. The van der Waals surface area contributed by atoms with E-state index in [0.29, 0.717) is 11.3 Å². The van der Waals surface area contributed by atoms with Crippen molar-refractivity contribution < 1.29 is 0 Å². The van der Waals surface area contributed by atoms with E-state index in [1.54, 1.807) is 6.07 Å². The maximum absolute atomic E-state index is 8.75. The predicted octanol–water partition coefficient (Wildman–Crippen LogP) is 2.74. The van der Waals surface area contributed by atoms with Crippen molar-refractivity contribution in [2.24, 2.45) is 5.92 Å². The third kappa shape index (κ3) is 2.46. The van der Waals surface area contributed by atoms with Gasteiger partial charge in [0.15, 0.2) is 0 Å². The molecule has 1 saturated carbocycles. The minimum absolute atomic E-state index is 0.546. The van der Waals surface area contributed by atoms with Crippen LogP contribution in [-0.2, 0) is 0 Å². The molecule has 0 unspecified atom stereocenters. The van der Waals surface area contributed by atoms with Gasteiger partial charge in [-0.2, -0.15) is 5.26 Å². The molecule has 2 rings (SSSR count). The molecule has 1 aliphatic rings. The number of nitriles is 1. The molecule has 1 aromatic rings. The standard InChI is InChI=1S/C13H17N3/c14-9-11-4-5-12(8-13(11)15)16-7-6-10-2-1-3-10/h4-5,8,10,16H,1-3,6-7,15H2. The second-order valence-corrected chi connectivity index (χ2v) is 4.43. The van der Waals surface area contributed by atoms with Crippen molar-refractivity contribution in [3.8, 4) is 6.07 Å². The number of anilines is 2. The molecule has 1 fully saturated rings. The Kier molecular flexibility index (Phi) is 3.31. The third-order valence-electron chi connectivity index (χ3n) is 3.28. The zero-order chi connectivity index (χ0) is 11.4. The molecule has 0 aromatic heterocycles. The Hall–Kier alpha value is -1.69. The smallest absolute Gasteiger partial charge is 0.101 e. The first-order chi connectivity index (χ1) is 7.79. The highest BCUT2D eigenvalue weighted by Gasteiger charge is 2.16. The van der Waals surface area contributed by atoms with E-state index in [-0.39, 0.29) is 0 Å². The summed E-state index contributed by atoms with van der Waals surface area (Å²) in [5.41, 5.74) is 7.85. The Morgan fingerprint density at radius 3 is 2.81 bits per heavy atom. The third-order valence-corrected chi connectivity index (χ3v) is 3.28. The van der Waals surface area contributed by atoms with Crippen LogP contribution in [0.15, 0.2) is 18.2 Å². The van der Waals surface area contributed by atoms with Crippen LogP contribution in [0.2, 0.25) is 0 Å². The van der Waals surface area contributed by atoms with E-state index in [0.717, 1.165) is 18.2 Å². The van der Waals surface area contributed by atoms with E-state index >= 15 is 0 Å². The molecule has 0 heterocycles. The number of nitrogens with zero attached hydrogens (tertiary/aromatic N) is 1. The number of nitrogens with one attached hydrogen (secondary N) is 1. The van der Waals surface area contributed by atoms with Crippen LogP contribution in [0.25, 0.3) is 0 Å². The lowest BCUT2D eigenvalue weighted by atomic mass is 9.83. The lowest BCUT2D eigenvalue weighted by Gasteiger charge is -2.25. The van der Waals surface area contributed by atoms with Gasteiger partial charge < -0.3 is 11.1 Å². The number of nitrogens with two attached hydrogens (primary N) is 1. The van der Waals surface area contributed by atoms with Crippen molar-refractivity contribution in [1.29, 1.82) is 5.26 Å². The molecule has 0 spiro atoms. The number of hydrogen-bond donors (Lipinski definition) is 2. The summed E-state index contributed by atoms with van der Waals surface area (Å²) in [7, 11) is 0. The second kappa shape index (κ2) is 4.89. The van der Waals surface area contributed by atoms with E-state index < -0.39 is 0 Å². The Balaban J connectivity index is 1.84.